The lowest BCUT2D eigenvalue weighted by molar-refractivity contribution is -0.135. The third-order valence-electron chi connectivity index (χ3n) is 1.49. The van der Waals surface area contributed by atoms with Crippen LogP contribution < -0.4 is 5.32 Å². The van der Waals surface area contributed by atoms with Gasteiger partial charge in [0.15, 0.2) is 0 Å². The van der Waals surface area contributed by atoms with Gasteiger partial charge in [-0.2, -0.15) is 0 Å². The molecule has 0 radical (unpaired) electrons. The number of imide groups is 1. The van der Waals surface area contributed by atoms with Crippen LogP contribution in [-0.2, 0) is 9.53 Å². The lowest BCUT2D eigenvalue weighted by Crippen LogP contribution is -2.34. The van der Waals surface area contributed by atoms with E-state index in [1.54, 1.807) is 0 Å². The van der Waals surface area contributed by atoms with Crippen molar-refractivity contribution in [2.45, 2.75) is 6.23 Å². The number of carbonyl (C=O) groups excluding carboxylic acids is 2. The smallest absolute Gasteiger partial charge is 0.326 e. The van der Waals surface area contributed by atoms with Gasteiger partial charge in [0.25, 0.3) is 5.91 Å². The zero-order valence-corrected chi connectivity index (χ0v) is 6.61. The summed E-state index contributed by atoms with van der Waals surface area (Å²) in [5.74, 6) is -0.490. The Kier molecular flexibility index (Phi) is 2.61. The van der Waals surface area contributed by atoms with Gasteiger partial charge in [-0.05, 0) is 0 Å². The number of nitrogens with one attached hydrogen (secondary N) is 1. The Morgan fingerprint density at radius 1 is 1.67 bits per heavy atom. The number of likely N-dealkylation sites (N-methyl/N-ethyl adjacent to an activating group) is 1. The fourth-order valence-electron chi connectivity index (χ4n) is 0.890. The predicted molar refractivity (Wildman–Crippen MR) is 38.1 cm³/mol. The van der Waals surface area contributed by atoms with Crippen molar-refractivity contribution in [1.29, 1.82) is 0 Å². The van der Waals surface area contributed by atoms with Crippen molar-refractivity contribution in [3.63, 3.8) is 0 Å². The molecule has 1 rings (SSSR count). The Bertz CT molecular complexity index is 206. The van der Waals surface area contributed by atoms with E-state index in [4.69, 9.17) is 9.84 Å². The Balaban J connectivity index is 2.51. The molecule has 0 aromatic rings. The zero-order chi connectivity index (χ0) is 9.14. The first-order valence-corrected chi connectivity index (χ1v) is 3.47. The van der Waals surface area contributed by atoms with E-state index in [1.165, 1.54) is 7.05 Å². The molecule has 0 spiro atoms. The van der Waals surface area contributed by atoms with Gasteiger partial charge in [-0.15, -0.1) is 0 Å². The summed E-state index contributed by atoms with van der Waals surface area (Å²) < 4.78 is 4.89. The van der Waals surface area contributed by atoms with Gasteiger partial charge in [0.2, 0.25) is 6.23 Å². The second-order valence-corrected chi connectivity index (χ2v) is 2.35. The Morgan fingerprint density at radius 2 is 2.33 bits per heavy atom. The molecule has 0 aromatic carbocycles. The molecule has 1 atom stereocenters. The third kappa shape index (κ3) is 1.54. The summed E-state index contributed by atoms with van der Waals surface area (Å²) >= 11 is 0. The van der Waals surface area contributed by atoms with Crippen molar-refractivity contribution < 1.29 is 19.4 Å². The highest BCUT2D eigenvalue weighted by Gasteiger charge is 2.36. The van der Waals surface area contributed by atoms with Crippen molar-refractivity contribution in [1.82, 2.24) is 10.2 Å². The van der Waals surface area contributed by atoms with Crippen LogP contribution in [0.3, 0.4) is 0 Å². The zero-order valence-electron chi connectivity index (χ0n) is 6.61. The van der Waals surface area contributed by atoms with Crippen LogP contribution in [0, 0.1) is 0 Å². The van der Waals surface area contributed by atoms with E-state index >= 15 is 0 Å². The summed E-state index contributed by atoms with van der Waals surface area (Å²) in [6.45, 7) is -0.137. The van der Waals surface area contributed by atoms with Gasteiger partial charge in [-0.1, -0.05) is 0 Å². The number of aliphatic hydroxyl groups is 1. The lowest BCUT2D eigenvalue weighted by atomic mass is 10.5. The van der Waals surface area contributed by atoms with Crippen molar-refractivity contribution in [2.75, 3.05) is 20.3 Å². The Labute approximate surface area is 69.1 Å². The summed E-state index contributed by atoms with van der Waals surface area (Å²) in [6.07, 6.45) is -0.898. The number of urea groups is 1. The van der Waals surface area contributed by atoms with E-state index in [9.17, 15) is 9.59 Å². The second kappa shape index (κ2) is 3.51. The second-order valence-electron chi connectivity index (χ2n) is 2.35. The maximum absolute atomic E-state index is 10.9. The van der Waals surface area contributed by atoms with Crippen LogP contribution in [0.1, 0.15) is 0 Å². The highest BCUT2D eigenvalue weighted by atomic mass is 16.5. The normalized spacial score (nSPS) is 23.2. The summed E-state index contributed by atoms with van der Waals surface area (Å²) in [4.78, 5) is 22.9. The molecule has 0 saturated carbocycles. The number of carbonyl (C=O) groups is 2. The highest BCUT2D eigenvalue weighted by molar-refractivity contribution is 6.03. The van der Waals surface area contributed by atoms with Crippen LogP contribution >= 0.6 is 0 Å². The van der Waals surface area contributed by atoms with Crippen LogP contribution in [-0.4, -0.2) is 48.4 Å². The molecule has 68 valence electrons. The van der Waals surface area contributed by atoms with Gasteiger partial charge >= 0.3 is 6.03 Å². The molecule has 1 unspecified atom stereocenters. The minimum Gasteiger partial charge on any atom is -0.394 e. The quantitative estimate of drug-likeness (QED) is 0.510. The first-order chi connectivity index (χ1) is 5.66. The molecule has 0 aliphatic carbocycles. The number of rotatable bonds is 3. The van der Waals surface area contributed by atoms with E-state index < -0.39 is 18.2 Å². The van der Waals surface area contributed by atoms with Crippen molar-refractivity contribution in [3.05, 3.63) is 0 Å². The maximum Gasteiger partial charge on any atom is 0.326 e. The molecule has 1 aliphatic rings. The minimum absolute atomic E-state index is 0.0374. The Hall–Kier alpha value is -1.14. The fourth-order valence-corrected chi connectivity index (χ4v) is 0.890. The summed E-state index contributed by atoms with van der Waals surface area (Å²) in [5.41, 5.74) is 0. The number of ether oxygens (including phenoxy) is 1. The molecule has 12 heavy (non-hydrogen) atoms. The van der Waals surface area contributed by atoms with E-state index in [2.05, 4.69) is 5.32 Å². The molecule has 1 heterocycles. The monoisotopic (exact) mass is 174 g/mol. The SMILES string of the molecule is CN1C(=O)NC(=O)C1OCCO. The van der Waals surface area contributed by atoms with E-state index in [1.807, 2.05) is 0 Å². The number of nitrogens with zero attached hydrogens (tertiary/aromatic N) is 1. The maximum atomic E-state index is 10.9. The van der Waals surface area contributed by atoms with Gasteiger partial charge in [0, 0.05) is 7.05 Å². The topological polar surface area (TPSA) is 78.9 Å². The minimum atomic E-state index is -0.898. The number of amides is 3. The number of aliphatic hydroxyl groups excluding tert-OH is 1. The average molecular weight is 174 g/mol. The standard InChI is InChI=1S/C6H10N2O4/c1-8-5(12-3-2-9)4(10)7-6(8)11/h5,9H,2-3H2,1H3,(H,7,10,11). The van der Waals surface area contributed by atoms with E-state index in [0.717, 1.165) is 4.90 Å². The molecule has 2 N–H and O–H groups in total. The number of hydrogen-bond donors (Lipinski definition) is 2. The molecule has 1 aliphatic heterocycles. The Morgan fingerprint density at radius 3 is 2.75 bits per heavy atom. The summed E-state index contributed by atoms with van der Waals surface area (Å²) in [7, 11) is 1.45. The van der Waals surface area contributed by atoms with Crippen molar-refractivity contribution in [3.8, 4) is 0 Å². The fraction of sp³-hybridized carbons (Fsp3) is 0.667. The molecule has 0 aromatic heterocycles. The summed E-state index contributed by atoms with van der Waals surface area (Å²) in [5, 5.41) is 10.5. The van der Waals surface area contributed by atoms with Gasteiger partial charge in [0.05, 0.1) is 13.2 Å². The van der Waals surface area contributed by atoms with Gasteiger partial charge in [-0.3, -0.25) is 15.0 Å². The van der Waals surface area contributed by atoms with Crippen molar-refractivity contribution in [2.24, 2.45) is 0 Å². The lowest BCUT2D eigenvalue weighted by Gasteiger charge is -2.15. The largest absolute Gasteiger partial charge is 0.394 e. The highest BCUT2D eigenvalue weighted by Crippen LogP contribution is 2.05. The van der Waals surface area contributed by atoms with Crippen molar-refractivity contribution >= 4 is 11.9 Å². The molecule has 6 nitrogen and oxygen atoms in total. The molecule has 6 heteroatoms. The van der Waals surface area contributed by atoms with Crippen LogP contribution in [0.5, 0.6) is 0 Å². The van der Waals surface area contributed by atoms with Gasteiger partial charge in [-0.25, -0.2) is 4.79 Å². The summed E-state index contributed by atoms with van der Waals surface area (Å²) in [6, 6.07) is -0.483. The molecule has 1 fully saturated rings. The first-order valence-electron chi connectivity index (χ1n) is 3.47. The molecular weight excluding hydrogens is 164 g/mol. The average Bonchev–Trinajstić information content (AvgIpc) is 2.25. The van der Waals surface area contributed by atoms with Crippen LogP contribution in [0.2, 0.25) is 0 Å². The van der Waals surface area contributed by atoms with E-state index in [0.29, 0.717) is 0 Å². The molecule has 3 amide bonds. The van der Waals surface area contributed by atoms with Gasteiger partial charge in [0.1, 0.15) is 0 Å². The third-order valence-corrected chi connectivity index (χ3v) is 1.49. The molecular formula is C6H10N2O4. The van der Waals surface area contributed by atoms with Gasteiger partial charge < -0.3 is 9.84 Å². The molecule has 1 saturated heterocycles. The predicted octanol–water partition coefficient (Wildman–Crippen LogP) is -1.50. The number of hydrogen-bond acceptors (Lipinski definition) is 4. The van der Waals surface area contributed by atoms with Crippen LogP contribution in [0.25, 0.3) is 0 Å². The van der Waals surface area contributed by atoms with E-state index in [-0.39, 0.29) is 13.2 Å². The molecule has 0 bridgehead atoms. The first kappa shape index (κ1) is 8.95. The van der Waals surface area contributed by atoms with Crippen LogP contribution in [0.4, 0.5) is 4.79 Å². The van der Waals surface area contributed by atoms with Crippen LogP contribution in [0.15, 0.2) is 0 Å².